The molecule has 0 bridgehead atoms. The third-order valence-electron chi connectivity index (χ3n) is 4.74. The molecule has 0 spiro atoms. The van der Waals surface area contributed by atoms with E-state index in [0.717, 1.165) is 5.75 Å². The summed E-state index contributed by atoms with van der Waals surface area (Å²) in [5.74, 6) is 1.58. The molecule has 2 amide bonds. The number of methoxy groups -OCH3 is 3. The number of rotatable bonds is 10. The van der Waals surface area contributed by atoms with Gasteiger partial charge in [-0.05, 0) is 36.4 Å². The molecule has 0 saturated carbocycles. The molecule has 0 aliphatic carbocycles. The maximum atomic E-state index is 12.5. The maximum absolute atomic E-state index is 12.5. The number of nitrogens with one attached hydrogen (secondary N) is 2. The Hall–Kier alpha value is -4.20. The molecule has 8 heteroatoms. The molecule has 0 atom stereocenters. The highest BCUT2D eigenvalue weighted by molar-refractivity contribution is 6.05. The summed E-state index contributed by atoms with van der Waals surface area (Å²) in [6.45, 7) is 0.197. The van der Waals surface area contributed by atoms with Crippen LogP contribution < -0.4 is 29.6 Å². The van der Waals surface area contributed by atoms with Crippen molar-refractivity contribution in [1.82, 2.24) is 0 Å². The summed E-state index contributed by atoms with van der Waals surface area (Å²) >= 11 is 0. The van der Waals surface area contributed by atoms with Crippen molar-refractivity contribution in [2.75, 3.05) is 38.6 Å². The molecular weight excluding hydrogens is 424 g/mol. The molecule has 0 radical (unpaired) electrons. The van der Waals surface area contributed by atoms with Gasteiger partial charge in [0.05, 0.1) is 45.7 Å². The predicted octanol–water partition coefficient (Wildman–Crippen LogP) is 4.37. The topological polar surface area (TPSA) is 95.1 Å². The second kappa shape index (κ2) is 11.4. The van der Waals surface area contributed by atoms with Crippen LogP contribution in [0.5, 0.6) is 23.0 Å². The zero-order chi connectivity index (χ0) is 23.6. The van der Waals surface area contributed by atoms with Crippen molar-refractivity contribution in [3.8, 4) is 23.0 Å². The van der Waals surface area contributed by atoms with Crippen molar-refractivity contribution >= 4 is 23.2 Å². The fourth-order valence-corrected chi connectivity index (χ4v) is 3.02. The van der Waals surface area contributed by atoms with Crippen molar-refractivity contribution < 1.29 is 28.5 Å². The van der Waals surface area contributed by atoms with Crippen LogP contribution in [0.1, 0.15) is 16.8 Å². The van der Waals surface area contributed by atoms with Crippen LogP contribution in [0, 0.1) is 0 Å². The Kier molecular flexibility index (Phi) is 8.13. The van der Waals surface area contributed by atoms with Crippen LogP contribution in [-0.4, -0.2) is 39.8 Å². The first-order valence-corrected chi connectivity index (χ1v) is 10.2. The number of carbonyl (C=O) groups excluding carboxylic acids is 2. The molecular formula is C25H26N2O6. The second-order valence-corrected chi connectivity index (χ2v) is 6.90. The van der Waals surface area contributed by atoms with Gasteiger partial charge in [0, 0.05) is 17.7 Å². The van der Waals surface area contributed by atoms with E-state index in [-0.39, 0.29) is 24.8 Å². The number of amides is 2. The lowest BCUT2D eigenvalue weighted by molar-refractivity contribution is -0.116. The van der Waals surface area contributed by atoms with Crippen molar-refractivity contribution in [1.29, 1.82) is 0 Å². The molecule has 0 aliphatic rings. The predicted molar refractivity (Wildman–Crippen MR) is 126 cm³/mol. The minimum atomic E-state index is -0.289. The van der Waals surface area contributed by atoms with Gasteiger partial charge in [0.25, 0.3) is 5.91 Å². The lowest BCUT2D eigenvalue weighted by Gasteiger charge is -2.16. The van der Waals surface area contributed by atoms with E-state index in [1.807, 2.05) is 6.07 Å². The van der Waals surface area contributed by atoms with Gasteiger partial charge in [0.15, 0.2) is 0 Å². The first kappa shape index (κ1) is 23.5. The normalized spacial score (nSPS) is 10.2. The summed E-state index contributed by atoms with van der Waals surface area (Å²) in [4.78, 5) is 25.0. The molecule has 0 aromatic heterocycles. The molecule has 172 valence electrons. The monoisotopic (exact) mass is 450 g/mol. The highest BCUT2D eigenvalue weighted by atomic mass is 16.5. The summed E-state index contributed by atoms with van der Waals surface area (Å²) in [7, 11) is 4.55. The number of hydrogen-bond donors (Lipinski definition) is 2. The highest BCUT2D eigenvalue weighted by Gasteiger charge is 2.16. The molecule has 2 N–H and O–H groups in total. The van der Waals surface area contributed by atoms with Gasteiger partial charge in [0.2, 0.25) is 5.91 Å². The van der Waals surface area contributed by atoms with Crippen molar-refractivity contribution in [3.63, 3.8) is 0 Å². The largest absolute Gasteiger partial charge is 0.497 e. The van der Waals surface area contributed by atoms with Gasteiger partial charge in [-0.15, -0.1) is 0 Å². The molecule has 8 nitrogen and oxygen atoms in total. The van der Waals surface area contributed by atoms with Crippen LogP contribution >= 0.6 is 0 Å². The number of anilines is 2. The Balaban J connectivity index is 1.64. The number of ether oxygens (including phenoxy) is 4. The third kappa shape index (κ3) is 6.39. The smallest absolute Gasteiger partial charge is 0.255 e. The molecule has 0 heterocycles. The van der Waals surface area contributed by atoms with Crippen molar-refractivity contribution in [2.24, 2.45) is 0 Å². The number of carbonyl (C=O) groups is 2. The molecule has 3 aromatic rings. The van der Waals surface area contributed by atoms with Crippen LogP contribution in [0.4, 0.5) is 11.4 Å². The van der Waals surface area contributed by atoms with Gasteiger partial charge in [-0.3, -0.25) is 9.59 Å². The zero-order valence-electron chi connectivity index (χ0n) is 18.7. The van der Waals surface area contributed by atoms with Crippen molar-refractivity contribution in [2.45, 2.75) is 6.42 Å². The van der Waals surface area contributed by atoms with Crippen LogP contribution in [0.15, 0.2) is 66.7 Å². The fourth-order valence-electron chi connectivity index (χ4n) is 3.02. The minimum absolute atomic E-state index is 0.129. The molecule has 3 rings (SSSR count). The van der Waals surface area contributed by atoms with E-state index in [1.165, 1.54) is 14.2 Å². The third-order valence-corrected chi connectivity index (χ3v) is 4.74. The summed E-state index contributed by atoms with van der Waals surface area (Å²) in [6.07, 6.45) is 0.129. The van der Waals surface area contributed by atoms with Crippen LogP contribution in [0.2, 0.25) is 0 Å². The van der Waals surface area contributed by atoms with Gasteiger partial charge < -0.3 is 29.6 Å². The average Bonchev–Trinajstić information content (AvgIpc) is 2.85. The summed E-state index contributed by atoms with van der Waals surface area (Å²) < 4.78 is 21.5. The van der Waals surface area contributed by atoms with Gasteiger partial charge in [-0.25, -0.2) is 0 Å². The highest BCUT2D eigenvalue weighted by Crippen LogP contribution is 2.36. The SMILES string of the molecule is COc1ccc(OCCC(=O)Nc2cc(OC)c(NC(=O)c3ccccc3)cc2OC)cc1. The Bertz CT molecular complexity index is 1080. The van der Waals surface area contributed by atoms with E-state index in [1.54, 1.807) is 67.8 Å². The molecule has 3 aromatic carbocycles. The van der Waals surface area contributed by atoms with E-state index in [4.69, 9.17) is 18.9 Å². The van der Waals surface area contributed by atoms with Crippen LogP contribution in [0.25, 0.3) is 0 Å². The van der Waals surface area contributed by atoms with Crippen molar-refractivity contribution in [3.05, 3.63) is 72.3 Å². The Morgan fingerprint density at radius 3 is 1.88 bits per heavy atom. The number of benzene rings is 3. The molecule has 0 saturated heterocycles. The van der Waals surface area contributed by atoms with Gasteiger partial charge in [0.1, 0.15) is 23.0 Å². The number of hydrogen-bond acceptors (Lipinski definition) is 6. The summed E-state index contributed by atoms with van der Waals surface area (Å²) in [5, 5.41) is 5.60. The standard InChI is InChI=1S/C25H26N2O6/c1-30-18-9-11-19(12-10-18)33-14-13-24(28)26-20-15-23(32-3)21(16-22(20)31-2)27-25(29)17-7-5-4-6-8-17/h4-12,15-16H,13-14H2,1-3H3,(H,26,28)(H,27,29). The van der Waals surface area contributed by atoms with E-state index < -0.39 is 0 Å². The lowest BCUT2D eigenvalue weighted by Crippen LogP contribution is -2.16. The quantitative estimate of drug-likeness (QED) is 0.476. The average molecular weight is 450 g/mol. The van der Waals surface area contributed by atoms with E-state index in [9.17, 15) is 9.59 Å². The Labute approximate surface area is 192 Å². The fraction of sp³-hybridized carbons (Fsp3) is 0.200. The summed E-state index contributed by atoms with van der Waals surface area (Å²) in [5.41, 5.74) is 1.35. The second-order valence-electron chi connectivity index (χ2n) is 6.90. The lowest BCUT2D eigenvalue weighted by atomic mass is 10.2. The Morgan fingerprint density at radius 2 is 1.30 bits per heavy atom. The first-order chi connectivity index (χ1) is 16.0. The summed E-state index contributed by atoms with van der Waals surface area (Å²) in [6, 6.07) is 19.1. The molecule has 0 aliphatic heterocycles. The van der Waals surface area contributed by atoms with E-state index >= 15 is 0 Å². The minimum Gasteiger partial charge on any atom is -0.497 e. The van der Waals surface area contributed by atoms with Gasteiger partial charge >= 0.3 is 0 Å². The molecule has 0 unspecified atom stereocenters. The van der Waals surface area contributed by atoms with E-state index in [0.29, 0.717) is 34.2 Å². The zero-order valence-corrected chi connectivity index (χ0v) is 18.7. The molecule has 33 heavy (non-hydrogen) atoms. The van der Waals surface area contributed by atoms with Gasteiger partial charge in [-0.1, -0.05) is 18.2 Å². The van der Waals surface area contributed by atoms with Crippen LogP contribution in [0.3, 0.4) is 0 Å². The van der Waals surface area contributed by atoms with Gasteiger partial charge in [-0.2, -0.15) is 0 Å². The van der Waals surface area contributed by atoms with Crippen LogP contribution in [-0.2, 0) is 4.79 Å². The maximum Gasteiger partial charge on any atom is 0.255 e. The van der Waals surface area contributed by atoms with E-state index in [2.05, 4.69) is 10.6 Å². The Morgan fingerprint density at radius 1 is 0.727 bits per heavy atom. The molecule has 0 fully saturated rings. The first-order valence-electron chi connectivity index (χ1n) is 10.2.